The van der Waals surface area contributed by atoms with Gasteiger partial charge in [-0.3, -0.25) is 29.8 Å². The third kappa shape index (κ3) is 12.2. The van der Waals surface area contributed by atoms with Gasteiger partial charge in [0.1, 0.15) is 11.6 Å². The molecule has 5 N–H and O–H groups in total. The minimum absolute atomic E-state index is 0.0106. The number of anilines is 4. The lowest BCUT2D eigenvalue weighted by molar-refractivity contribution is -0.135. The quantitative estimate of drug-likeness (QED) is 0.0821. The number of amides is 4. The monoisotopic (exact) mass is 995 g/mol. The van der Waals surface area contributed by atoms with E-state index in [1.54, 1.807) is 24.3 Å². The zero-order valence-electron chi connectivity index (χ0n) is 37.5. The second kappa shape index (κ2) is 21.3. The van der Waals surface area contributed by atoms with Crippen molar-refractivity contribution in [1.29, 1.82) is 0 Å². The fourth-order valence-electron chi connectivity index (χ4n) is 8.34. The molecule has 0 radical (unpaired) electrons. The van der Waals surface area contributed by atoms with Crippen molar-refractivity contribution >= 4 is 100 Å². The predicted molar refractivity (Wildman–Crippen MR) is 261 cm³/mol. The number of carbonyl (C=O) groups excluding carboxylic acids is 4. The number of halogens is 1. The van der Waals surface area contributed by atoms with Crippen LogP contribution >= 0.6 is 11.6 Å². The Labute approximate surface area is 404 Å². The van der Waals surface area contributed by atoms with Crippen LogP contribution in [-0.4, -0.2) is 107 Å². The Morgan fingerprint density at radius 2 is 0.942 bits per heavy atom. The number of benzene rings is 4. The van der Waals surface area contributed by atoms with Gasteiger partial charge in [-0.2, -0.15) is 13.6 Å². The summed E-state index contributed by atoms with van der Waals surface area (Å²) in [5.41, 5.74) is 3.23. The Kier molecular flexibility index (Phi) is 15.1. The van der Waals surface area contributed by atoms with Gasteiger partial charge >= 0.3 is 0 Å². The van der Waals surface area contributed by atoms with Crippen LogP contribution in [0.5, 0.6) is 0 Å². The lowest BCUT2D eigenvalue weighted by atomic mass is 10.2. The van der Waals surface area contributed by atoms with Crippen molar-refractivity contribution in [3.63, 3.8) is 0 Å². The molecule has 10 rings (SSSR count). The molecule has 2 aliphatic carbocycles. The second-order valence-electron chi connectivity index (χ2n) is 17.0. The van der Waals surface area contributed by atoms with Gasteiger partial charge in [0.05, 0.1) is 47.0 Å². The number of nitrogens with zero attached hydrogens (tertiary/aromatic N) is 6. The smallest absolute Gasteiger partial charge is 0.244 e. The summed E-state index contributed by atoms with van der Waals surface area (Å²) in [6, 6.07) is 29.0. The molecule has 0 bridgehead atoms. The molecule has 6 aromatic rings. The lowest BCUT2D eigenvalue weighted by Crippen LogP contribution is -2.53. The Morgan fingerprint density at radius 3 is 1.41 bits per heavy atom. The van der Waals surface area contributed by atoms with Crippen LogP contribution in [0.15, 0.2) is 107 Å². The second-order valence-corrected chi connectivity index (χ2v) is 21.2. The zero-order valence-corrected chi connectivity index (χ0v) is 39.9. The summed E-state index contributed by atoms with van der Waals surface area (Å²) in [5, 5.41) is 16.6. The van der Waals surface area contributed by atoms with Crippen molar-refractivity contribution in [2.45, 2.75) is 80.2 Å². The van der Waals surface area contributed by atoms with Gasteiger partial charge in [-0.15, -0.1) is 0 Å². The number of hydrogen-bond acceptors (Lipinski definition) is 15. The van der Waals surface area contributed by atoms with Gasteiger partial charge in [-0.05, 0) is 105 Å². The van der Waals surface area contributed by atoms with E-state index in [1.807, 2.05) is 55.5 Å². The van der Waals surface area contributed by atoms with Gasteiger partial charge in [0.2, 0.25) is 54.9 Å². The summed E-state index contributed by atoms with van der Waals surface area (Å²) in [6.07, 6.45) is 9.67. The maximum absolute atomic E-state index is 12.8. The molecule has 4 heterocycles. The van der Waals surface area contributed by atoms with Gasteiger partial charge in [-0.1, -0.05) is 67.6 Å². The average Bonchev–Trinajstić information content (AvgIpc) is 4.04. The standard InChI is InChI=1S/C23H24N6O4S.C13H14ClN3.C11H12N2O4S/c30-20-13-29(14-21(31)27-20)34(32,33)17-11-9-16(10-12-17)25-23-26-19-8-4-3-7-18(19)22(28-23)24-15-5-1-2-6-15;14-13-16-11-8-4-3-7-10(11)12(17-13)15-9-5-1-2-6-9;1-8-2-4-9(5-3-8)18(16,17)13-6-10(14)12-11(15)7-13/h3-4,7-12,15H,1-2,5-6,13-14H2,(H,27,30,31)(H2,24,25,26,28);3-4,7-9H,1-2,5-6H2,(H,15,16,17);2-5H,6-7H2,1H3,(H,12,14,15). The molecule has 4 aromatic carbocycles. The number of nitrogens with one attached hydrogen (secondary N) is 5. The maximum atomic E-state index is 12.8. The molecule has 0 atom stereocenters. The van der Waals surface area contributed by atoms with Gasteiger partial charge in [0, 0.05) is 28.5 Å². The van der Waals surface area contributed by atoms with Crippen molar-refractivity contribution in [2.75, 3.05) is 42.1 Å². The highest BCUT2D eigenvalue weighted by Gasteiger charge is 2.34. The molecular weight excluding hydrogens is 946 g/mol. The van der Waals surface area contributed by atoms with Gasteiger partial charge in [0.25, 0.3) is 0 Å². The molecule has 4 amide bonds. The van der Waals surface area contributed by atoms with Crippen LogP contribution in [0.3, 0.4) is 0 Å². The highest BCUT2D eigenvalue weighted by molar-refractivity contribution is 7.89. The molecule has 69 heavy (non-hydrogen) atoms. The first-order valence-electron chi connectivity index (χ1n) is 22.4. The minimum Gasteiger partial charge on any atom is -0.367 e. The van der Waals surface area contributed by atoms with Crippen LogP contribution in [0.25, 0.3) is 21.8 Å². The number of rotatable bonds is 10. The topological polar surface area (TPSA) is 255 Å². The number of piperazine rings is 2. The zero-order chi connectivity index (χ0) is 48.7. The molecule has 22 heteroatoms. The third-order valence-corrected chi connectivity index (χ3v) is 15.6. The Hall–Kier alpha value is -6.65. The van der Waals surface area contributed by atoms with Crippen molar-refractivity contribution in [2.24, 2.45) is 0 Å². The molecular formula is C47H50ClN11O8S2. The number of para-hydroxylation sites is 2. The van der Waals surface area contributed by atoms with Crippen molar-refractivity contribution in [1.82, 2.24) is 39.2 Å². The summed E-state index contributed by atoms with van der Waals surface area (Å²) >= 11 is 5.95. The lowest BCUT2D eigenvalue weighted by Gasteiger charge is -2.24. The van der Waals surface area contributed by atoms with Crippen molar-refractivity contribution in [3.8, 4) is 0 Å². The van der Waals surface area contributed by atoms with Gasteiger partial charge in [0.15, 0.2) is 0 Å². The van der Waals surface area contributed by atoms with E-state index in [-0.39, 0.29) is 22.9 Å². The first-order chi connectivity index (χ1) is 33.1. The Bertz CT molecular complexity index is 3080. The number of imide groups is 2. The summed E-state index contributed by atoms with van der Waals surface area (Å²) in [7, 11) is -7.78. The molecule has 4 fully saturated rings. The number of hydrogen-bond donors (Lipinski definition) is 5. The van der Waals surface area contributed by atoms with Crippen LogP contribution in [0, 0.1) is 6.92 Å². The Morgan fingerprint density at radius 1 is 0.536 bits per heavy atom. The van der Waals surface area contributed by atoms with E-state index in [0.29, 0.717) is 29.0 Å². The SMILES string of the molecule is Cc1ccc(S(=O)(=O)N2CC(=O)NC(=O)C2)cc1.Clc1nc(NC2CCCC2)c2ccccc2n1.O=C1CN(S(=O)(=O)c2ccc(Nc3nc(NC4CCCC4)c4ccccc4n3)cc2)CC(=O)N1. The average molecular weight is 997 g/mol. The largest absolute Gasteiger partial charge is 0.367 e. The summed E-state index contributed by atoms with van der Waals surface area (Å²) in [6.45, 7) is 0.393. The highest BCUT2D eigenvalue weighted by atomic mass is 35.5. The van der Waals surface area contributed by atoms with Crippen molar-refractivity contribution in [3.05, 3.63) is 108 Å². The molecule has 4 aliphatic rings. The van der Waals surface area contributed by atoms with E-state index in [2.05, 4.69) is 46.5 Å². The summed E-state index contributed by atoms with van der Waals surface area (Å²) in [4.78, 5) is 63.4. The molecule has 2 aromatic heterocycles. The third-order valence-electron chi connectivity index (χ3n) is 11.8. The van der Waals surface area contributed by atoms with Gasteiger partial charge in [-0.25, -0.2) is 31.8 Å². The number of aromatic nitrogens is 4. The van der Waals surface area contributed by atoms with Crippen LogP contribution < -0.4 is 26.6 Å². The molecule has 2 saturated carbocycles. The van der Waals surface area contributed by atoms with E-state index in [0.717, 1.165) is 60.5 Å². The fraction of sp³-hybridized carbons (Fsp3) is 0.319. The van der Waals surface area contributed by atoms with Gasteiger partial charge < -0.3 is 16.0 Å². The number of sulfonamides is 2. The highest BCUT2D eigenvalue weighted by Crippen LogP contribution is 2.30. The minimum atomic E-state index is -3.98. The van der Waals surface area contributed by atoms with E-state index in [1.165, 1.54) is 62.8 Å². The van der Waals surface area contributed by atoms with E-state index >= 15 is 0 Å². The summed E-state index contributed by atoms with van der Waals surface area (Å²) in [5.74, 6) is -0.473. The van der Waals surface area contributed by atoms with E-state index < -0.39 is 56.8 Å². The Balaban J connectivity index is 0.000000154. The molecule has 360 valence electrons. The number of aryl methyl sites for hydroxylation is 1. The van der Waals surface area contributed by atoms with E-state index in [9.17, 15) is 36.0 Å². The maximum Gasteiger partial charge on any atom is 0.244 e. The van der Waals surface area contributed by atoms with Crippen molar-refractivity contribution < 1.29 is 36.0 Å². The van der Waals surface area contributed by atoms with Crippen LogP contribution in [0.1, 0.15) is 56.9 Å². The predicted octanol–water partition coefficient (Wildman–Crippen LogP) is 5.65. The number of carbonyl (C=O) groups is 4. The van der Waals surface area contributed by atoms with Crippen LogP contribution in [0.2, 0.25) is 5.28 Å². The fourth-order valence-corrected chi connectivity index (χ4v) is 11.2. The summed E-state index contributed by atoms with van der Waals surface area (Å²) < 4.78 is 51.8. The molecule has 0 unspecified atom stereocenters. The molecule has 2 saturated heterocycles. The first-order valence-corrected chi connectivity index (χ1v) is 25.7. The van der Waals surface area contributed by atoms with Crippen LogP contribution in [0.4, 0.5) is 23.3 Å². The van der Waals surface area contributed by atoms with Crippen LogP contribution in [-0.2, 0) is 39.2 Å². The normalized spacial score (nSPS) is 17.4. The number of fused-ring (bicyclic) bond motifs is 2. The molecule has 0 spiro atoms. The molecule has 2 aliphatic heterocycles. The first kappa shape index (κ1) is 48.8. The molecule has 19 nitrogen and oxygen atoms in total. The van der Waals surface area contributed by atoms with E-state index in [4.69, 9.17) is 11.6 Å².